The minimum absolute atomic E-state index is 0.124. The van der Waals surface area contributed by atoms with Gasteiger partial charge in [0.15, 0.2) is 5.76 Å². The van der Waals surface area contributed by atoms with Crippen molar-refractivity contribution in [1.29, 1.82) is 0 Å². The minimum Gasteiger partial charge on any atom is -0.417 e. The Balaban J connectivity index is 1.74. The fraction of sp³-hybridized carbons (Fsp3) is 0.111. The Bertz CT molecular complexity index is 903. The molecule has 0 spiro atoms. The van der Waals surface area contributed by atoms with E-state index in [1.54, 1.807) is 0 Å². The molecule has 0 bridgehead atoms. The summed E-state index contributed by atoms with van der Waals surface area (Å²) in [5.74, 6) is -1.09. The molecule has 1 N–H and O–H groups in total. The molecule has 3 aromatic rings. The van der Waals surface area contributed by atoms with E-state index in [0.29, 0.717) is 18.4 Å². The van der Waals surface area contributed by atoms with E-state index in [9.17, 15) is 14.0 Å². The van der Waals surface area contributed by atoms with Crippen molar-refractivity contribution in [3.8, 4) is 0 Å². The Morgan fingerprint density at radius 3 is 2.65 bits per heavy atom. The van der Waals surface area contributed by atoms with Crippen LogP contribution in [0.15, 0.2) is 63.8 Å². The number of benzene rings is 2. The number of fused-ring (bicyclic) bond motifs is 1. The third-order valence-corrected chi connectivity index (χ3v) is 3.49. The molecule has 116 valence electrons. The van der Waals surface area contributed by atoms with Crippen LogP contribution in [0.5, 0.6) is 0 Å². The molecule has 0 atom stereocenters. The minimum atomic E-state index is -0.657. The largest absolute Gasteiger partial charge is 0.417 e. The summed E-state index contributed by atoms with van der Waals surface area (Å²) in [6, 6.07) is 14.8. The SMILES string of the molecule is O=C(NCCc1ccccc1)c1cc2cc(F)ccc2c(=O)o1. The zero-order valence-electron chi connectivity index (χ0n) is 12.2. The van der Waals surface area contributed by atoms with Crippen LogP contribution < -0.4 is 10.9 Å². The molecule has 1 amide bonds. The van der Waals surface area contributed by atoms with Crippen LogP contribution in [0, 0.1) is 5.82 Å². The molecule has 23 heavy (non-hydrogen) atoms. The Hall–Kier alpha value is -2.95. The first-order chi connectivity index (χ1) is 11.1. The van der Waals surface area contributed by atoms with Crippen molar-refractivity contribution in [1.82, 2.24) is 5.32 Å². The summed E-state index contributed by atoms with van der Waals surface area (Å²) in [6.45, 7) is 0.410. The molecule has 0 aliphatic carbocycles. The van der Waals surface area contributed by atoms with Gasteiger partial charge in [-0.25, -0.2) is 9.18 Å². The normalized spacial score (nSPS) is 10.7. The molecule has 0 saturated carbocycles. The highest BCUT2D eigenvalue weighted by Gasteiger charge is 2.12. The topological polar surface area (TPSA) is 59.3 Å². The van der Waals surface area contributed by atoms with Gasteiger partial charge in [-0.05, 0) is 41.6 Å². The van der Waals surface area contributed by atoms with Crippen molar-refractivity contribution in [3.63, 3.8) is 0 Å². The van der Waals surface area contributed by atoms with Gasteiger partial charge >= 0.3 is 5.63 Å². The molecular weight excluding hydrogens is 297 g/mol. The van der Waals surface area contributed by atoms with Crippen LogP contribution in [0.1, 0.15) is 16.1 Å². The van der Waals surface area contributed by atoms with E-state index in [0.717, 1.165) is 5.56 Å². The summed E-state index contributed by atoms with van der Waals surface area (Å²) < 4.78 is 18.3. The maximum Gasteiger partial charge on any atom is 0.344 e. The van der Waals surface area contributed by atoms with E-state index in [4.69, 9.17) is 4.42 Å². The molecule has 5 heteroatoms. The van der Waals surface area contributed by atoms with E-state index in [2.05, 4.69) is 5.32 Å². The molecule has 0 fully saturated rings. The second kappa shape index (κ2) is 6.44. The molecule has 0 radical (unpaired) electrons. The summed E-state index contributed by atoms with van der Waals surface area (Å²) in [6.07, 6.45) is 0.666. The first-order valence-corrected chi connectivity index (χ1v) is 7.19. The van der Waals surface area contributed by atoms with Crippen LogP contribution >= 0.6 is 0 Å². The van der Waals surface area contributed by atoms with Gasteiger partial charge in [0.1, 0.15) is 5.82 Å². The number of rotatable bonds is 4. The van der Waals surface area contributed by atoms with Crippen molar-refractivity contribution in [2.45, 2.75) is 6.42 Å². The van der Waals surface area contributed by atoms with Crippen LogP contribution in [0.2, 0.25) is 0 Å². The Kier molecular flexibility index (Phi) is 4.19. The molecule has 1 heterocycles. The van der Waals surface area contributed by atoms with Crippen molar-refractivity contribution in [2.24, 2.45) is 0 Å². The lowest BCUT2D eigenvalue weighted by Gasteiger charge is -2.05. The van der Waals surface area contributed by atoms with Crippen LogP contribution in [0.3, 0.4) is 0 Å². The third kappa shape index (κ3) is 3.45. The maximum absolute atomic E-state index is 13.3. The Morgan fingerprint density at radius 2 is 1.87 bits per heavy atom. The van der Waals surface area contributed by atoms with Gasteiger partial charge in [-0.1, -0.05) is 30.3 Å². The van der Waals surface area contributed by atoms with E-state index in [1.807, 2.05) is 30.3 Å². The van der Waals surface area contributed by atoms with Crippen LogP contribution in [0.4, 0.5) is 4.39 Å². The second-order valence-corrected chi connectivity index (χ2v) is 5.12. The van der Waals surface area contributed by atoms with Gasteiger partial charge in [-0.3, -0.25) is 4.79 Å². The Labute approximate surface area is 131 Å². The van der Waals surface area contributed by atoms with Crippen LogP contribution in [-0.4, -0.2) is 12.5 Å². The van der Waals surface area contributed by atoms with Gasteiger partial charge in [0.2, 0.25) is 0 Å². The number of carbonyl (C=O) groups excluding carboxylic acids is 1. The highest BCUT2D eigenvalue weighted by Crippen LogP contribution is 2.14. The maximum atomic E-state index is 13.3. The smallest absolute Gasteiger partial charge is 0.344 e. The van der Waals surface area contributed by atoms with Gasteiger partial charge in [0.25, 0.3) is 5.91 Å². The molecule has 0 unspecified atom stereocenters. The van der Waals surface area contributed by atoms with Gasteiger partial charge in [-0.15, -0.1) is 0 Å². The van der Waals surface area contributed by atoms with Crippen molar-refractivity contribution < 1.29 is 13.6 Å². The van der Waals surface area contributed by atoms with Gasteiger partial charge in [0.05, 0.1) is 5.39 Å². The summed E-state index contributed by atoms with van der Waals surface area (Å²) in [4.78, 5) is 23.9. The van der Waals surface area contributed by atoms with Gasteiger partial charge < -0.3 is 9.73 Å². The summed E-state index contributed by atoms with van der Waals surface area (Å²) >= 11 is 0. The highest BCUT2D eigenvalue weighted by molar-refractivity contribution is 5.95. The number of hydrogen-bond acceptors (Lipinski definition) is 3. The summed E-state index contributed by atoms with van der Waals surface area (Å²) in [5, 5.41) is 3.27. The molecular formula is C18H14FNO3. The zero-order chi connectivity index (χ0) is 16.2. The lowest BCUT2D eigenvalue weighted by molar-refractivity contribution is 0.0922. The third-order valence-electron chi connectivity index (χ3n) is 3.49. The summed E-state index contributed by atoms with van der Waals surface area (Å²) in [7, 11) is 0. The quantitative estimate of drug-likeness (QED) is 0.806. The molecule has 0 saturated heterocycles. The average molecular weight is 311 g/mol. The van der Waals surface area contributed by atoms with Crippen molar-refractivity contribution in [2.75, 3.05) is 6.54 Å². The van der Waals surface area contributed by atoms with Crippen molar-refractivity contribution in [3.05, 3.63) is 82.2 Å². The number of nitrogens with one attached hydrogen (secondary N) is 1. The standard InChI is InChI=1S/C18H14FNO3/c19-14-6-7-15-13(10-14)11-16(23-18(15)22)17(21)20-9-8-12-4-2-1-3-5-12/h1-7,10-11H,8-9H2,(H,20,21). The van der Waals surface area contributed by atoms with E-state index < -0.39 is 17.3 Å². The van der Waals surface area contributed by atoms with Crippen molar-refractivity contribution >= 4 is 16.7 Å². The van der Waals surface area contributed by atoms with Crippen LogP contribution in [-0.2, 0) is 6.42 Å². The number of halogens is 1. The molecule has 1 aromatic heterocycles. The highest BCUT2D eigenvalue weighted by atomic mass is 19.1. The number of hydrogen-bond donors (Lipinski definition) is 1. The predicted molar refractivity (Wildman–Crippen MR) is 84.9 cm³/mol. The molecule has 0 aliphatic heterocycles. The lowest BCUT2D eigenvalue weighted by Crippen LogP contribution is -2.26. The second-order valence-electron chi connectivity index (χ2n) is 5.12. The number of carbonyl (C=O) groups is 1. The molecule has 4 nitrogen and oxygen atoms in total. The fourth-order valence-electron chi connectivity index (χ4n) is 2.33. The van der Waals surface area contributed by atoms with E-state index in [-0.39, 0.29) is 11.1 Å². The first-order valence-electron chi connectivity index (χ1n) is 7.19. The number of amides is 1. The molecule has 3 rings (SSSR count). The molecule has 2 aromatic carbocycles. The fourth-order valence-corrected chi connectivity index (χ4v) is 2.33. The van der Waals surface area contributed by atoms with Crippen LogP contribution in [0.25, 0.3) is 10.8 Å². The molecule has 0 aliphatic rings. The van der Waals surface area contributed by atoms with E-state index >= 15 is 0 Å². The monoisotopic (exact) mass is 311 g/mol. The Morgan fingerprint density at radius 1 is 1.09 bits per heavy atom. The van der Waals surface area contributed by atoms with Gasteiger partial charge in [0, 0.05) is 6.54 Å². The predicted octanol–water partition coefficient (Wildman–Crippen LogP) is 2.90. The van der Waals surface area contributed by atoms with E-state index in [1.165, 1.54) is 24.3 Å². The van der Waals surface area contributed by atoms with Gasteiger partial charge in [-0.2, -0.15) is 0 Å². The first kappa shape index (κ1) is 15.0. The summed E-state index contributed by atoms with van der Waals surface area (Å²) in [5.41, 5.74) is 0.436. The zero-order valence-corrected chi connectivity index (χ0v) is 12.2. The lowest BCUT2D eigenvalue weighted by atomic mass is 10.1. The average Bonchev–Trinajstić information content (AvgIpc) is 2.55.